The summed E-state index contributed by atoms with van der Waals surface area (Å²) in [5, 5.41) is 13.6. The fourth-order valence-electron chi connectivity index (χ4n) is 2.19. The maximum Gasteiger partial charge on any atom is 0.0804 e. The summed E-state index contributed by atoms with van der Waals surface area (Å²) in [6.45, 7) is 2.94. The van der Waals surface area contributed by atoms with Gasteiger partial charge in [-0.2, -0.15) is 0 Å². The maximum absolute atomic E-state index is 10.1. The van der Waals surface area contributed by atoms with Crippen molar-refractivity contribution in [1.82, 2.24) is 9.88 Å². The van der Waals surface area contributed by atoms with E-state index < -0.39 is 6.10 Å². The normalized spacial score (nSPS) is 14.3. The predicted octanol–water partition coefficient (Wildman–Crippen LogP) is 2.63. The first-order valence-electron chi connectivity index (χ1n) is 6.72. The van der Waals surface area contributed by atoms with Crippen LogP contribution in [0.2, 0.25) is 0 Å². The third kappa shape index (κ3) is 4.23. The fraction of sp³-hybridized carbons (Fsp3) is 0.375. The average Bonchev–Trinajstić information content (AvgIpc) is 2.83. The van der Waals surface area contributed by atoms with Gasteiger partial charge in [0.1, 0.15) is 0 Å². The van der Waals surface area contributed by atoms with E-state index in [-0.39, 0.29) is 6.04 Å². The van der Waals surface area contributed by atoms with E-state index in [2.05, 4.69) is 24.5 Å². The van der Waals surface area contributed by atoms with Crippen molar-refractivity contribution in [1.29, 1.82) is 0 Å². The van der Waals surface area contributed by atoms with Crippen molar-refractivity contribution in [2.75, 3.05) is 0 Å². The minimum absolute atomic E-state index is 0.274. The molecule has 19 heavy (non-hydrogen) atoms. The largest absolute Gasteiger partial charge is 0.388 e. The number of hydrogen-bond donors (Lipinski definition) is 2. The molecule has 2 rings (SSSR count). The molecule has 2 unspecified atom stereocenters. The van der Waals surface area contributed by atoms with Gasteiger partial charge in [0, 0.05) is 32.0 Å². The van der Waals surface area contributed by atoms with Gasteiger partial charge in [0.15, 0.2) is 0 Å². The van der Waals surface area contributed by atoms with Crippen LogP contribution in [-0.2, 0) is 13.6 Å². The number of benzene rings is 1. The number of rotatable bonds is 6. The van der Waals surface area contributed by atoms with Crippen molar-refractivity contribution in [3.8, 4) is 0 Å². The molecule has 2 N–H and O–H groups in total. The molecule has 1 aromatic carbocycles. The first kappa shape index (κ1) is 13.8. The maximum atomic E-state index is 10.1. The number of aliphatic hydroxyl groups excluding tert-OH is 1. The van der Waals surface area contributed by atoms with Gasteiger partial charge in [-0.3, -0.25) is 0 Å². The van der Waals surface area contributed by atoms with Crippen molar-refractivity contribution in [3.05, 3.63) is 59.9 Å². The zero-order chi connectivity index (χ0) is 13.7. The summed E-state index contributed by atoms with van der Waals surface area (Å²) in [7, 11) is 2.02. The average molecular weight is 258 g/mol. The van der Waals surface area contributed by atoms with Crippen molar-refractivity contribution >= 4 is 0 Å². The number of nitrogens with zero attached hydrogens (tertiary/aromatic N) is 1. The van der Waals surface area contributed by atoms with Crippen molar-refractivity contribution in [3.63, 3.8) is 0 Å². The van der Waals surface area contributed by atoms with E-state index in [0.717, 1.165) is 18.5 Å². The van der Waals surface area contributed by atoms with E-state index in [1.165, 1.54) is 5.56 Å². The van der Waals surface area contributed by atoms with Gasteiger partial charge < -0.3 is 15.0 Å². The lowest BCUT2D eigenvalue weighted by atomic mass is 10.0. The zero-order valence-corrected chi connectivity index (χ0v) is 11.6. The Morgan fingerprint density at radius 3 is 2.58 bits per heavy atom. The summed E-state index contributed by atoms with van der Waals surface area (Å²) < 4.78 is 2.04. The lowest BCUT2D eigenvalue weighted by Gasteiger charge is -2.18. The Morgan fingerprint density at radius 1 is 1.21 bits per heavy atom. The van der Waals surface area contributed by atoms with Gasteiger partial charge in [0.05, 0.1) is 6.10 Å². The molecular weight excluding hydrogens is 236 g/mol. The standard InChI is InChI=1S/C16H22N2O/c1-13(17-11-14-8-9-18(2)12-14)10-16(19)15-6-4-3-5-7-15/h3-9,12-13,16-17,19H,10-11H2,1-2H3. The number of aromatic nitrogens is 1. The smallest absolute Gasteiger partial charge is 0.0804 e. The van der Waals surface area contributed by atoms with E-state index in [1.807, 2.05) is 48.1 Å². The van der Waals surface area contributed by atoms with Gasteiger partial charge in [-0.25, -0.2) is 0 Å². The summed E-state index contributed by atoms with van der Waals surface area (Å²) in [5.74, 6) is 0. The first-order chi connectivity index (χ1) is 9.15. The first-order valence-corrected chi connectivity index (χ1v) is 6.72. The Bertz CT molecular complexity index is 492. The van der Waals surface area contributed by atoms with Crippen LogP contribution in [0.25, 0.3) is 0 Å². The number of hydrogen-bond acceptors (Lipinski definition) is 2. The Morgan fingerprint density at radius 2 is 1.95 bits per heavy atom. The molecule has 0 fully saturated rings. The van der Waals surface area contributed by atoms with Crippen LogP contribution in [0.15, 0.2) is 48.8 Å². The third-order valence-electron chi connectivity index (χ3n) is 3.31. The molecule has 0 radical (unpaired) electrons. The molecule has 0 saturated heterocycles. The Hall–Kier alpha value is -1.58. The monoisotopic (exact) mass is 258 g/mol. The van der Waals surface area contributed by atoms with Crippen LogP contribution in [0, 0.1) is 0 Å². The predicted molar refractivity (Wildman–Crippen MR) is 77.7 cm³/mol. The molecule has 0 saturated carbocycles. The van der Waals surface area contributed by atoms with Gasteiger partial charge in [-0.1, -0.05) is 30.3 Å². The molecule has 3 heteroatoms. The van der Waals surface area contributed by atoms with Crippen LogP contribution in [0.3, 0.4) is 0 Å². The van der Waals surface area contributed by atoms with E-state index in [4.69, 9.17) is 0 Å². The second-order valence-electron chi connectivity index (χ2n) is 5.13. The van der Waals surface area contributed by atoms with Crippen molar-refractivity contribution in [2.45, 2.75) is 32.0 Å². The molecule has 1 aromatic heterocycles. The molecule has 0 aliphatic carbocycles. The van der Waals surface area contributed by atoms with Crippen LogP contribution < -0.4 is 5.32 Å². The minimum atomic E-state index is -0.403. The summed E-state index contributed by atoms with van der Waals surface area (Å²) in [6, 6.07) is 12.2. The van der Waals surface area contributed by atoms with Crippen molar-refractivity contribution in [2.24, 2.45) is 7.05 Å². The van der Waals surface area contributed by atoms with E-state index in [0.29, 0.717) is 0 Å². The quantitative estimate of drug-likeness (QED) is 0.836. The zero-order valence-electron chi connectivity index (χ0n) is 11.6. The molecule has 0 bridgehead atoms. The Kier molecular flexibility index (Phi) is 4.77. The molecule has 2 aromatic rings. The number of aryl methyl sites for hydroxylation is 1. The lowest BCUT2D eigenvalue weighted by Crippen LogP contribution is -2.27. The van der Waals surface area contributed by atoms with Gasteiger partial charge in [-0.05, 0) is 30.5 Å². The third-order valence-corrected chi connectivity index (χ3v) is 3.31. The molecule has 1 heterocycles. The molecule has 0 amide bonds. The Balaban J connectivity index is 1.79. The second-order valence-corrected chi connectivity index (χ2v) is 5.13. The summed E-state index contributed by atoms with van der Waals surface area (Å²) >= 11 is 0. The highest BCUT2D eigenvalue weighted by atomic mass is 16.3. The Labute approximate surface area is 114 Å². The van der Waals surface area contributed by atoms with Gasteiger partial charge in [0.25, 0.3) is 0 Å². The van der Waals surface area contributed by atoms with E-state index >= 15 is 0 Å². The highest BCUT2D eigenvalue weighted by molar-refractivity contribution is 5.17. The van der Waals surface area contributed by atoms with Crippen LogP contribution in [0.4, 0.5) is 0 Å². The molecular formula is C16H22N2O. The molecule has 0 aliphatic heterocycles. The van der Waals surface area contributed by atoms with E-state index in [1.54, 1.807) is 0 Å². The van der Waals surface area contributed by atoms with Gasteiger partial charge >= 0.3 is 0 Å². The summed E-state index contributed by atoms with van der Waals surface area (Å²) in [4.78, 5) is 0. The van der Waals surface area contributed by atoms with Crippen LogP contribution in [-0.4, -0.2) is 15.7 Å². The highest BCUT2D eigenvalue weighted by Crippen LogP contribution is 2.17. The van der Waals surface area contributed by atoms with E-state index in [9.17, 15) is 5.11 Å². The molecule has 102 valence electrons. The minimum Gasteiger partial charge on any atom is -0.388 e. The fourth-order valence-corrected chi connectivity index (χ4v) is 2.19. The van der Waals surface area contributed by atoms with Gasteiger partial charge in [0.2, 0.25) is 0 Å². The number of nitrogens with one attached hydrogen (secondary N) is 1. The van der Waals surface area contributed by atoms with Crippen LogP contribution in [0.5, 0.6) is 0 Å². The molecule has 0 spiro atoms. The lowest BCUT2D eigenvalue weighted by molar-refractivity contribution is 0.154. The van der Waals surface area contributed by atoms with Gasteiger partial charge in [-0.15, -0.1) is 0 Å². The van der Waals surface area contributed by atoms with Crippen LogP contribution >= 0.6 is 0 Å². The van der Waals surface area contributed by atoms with Crippen LogP contribution in [0.1, 0.15) is 30.6 Å². The highest BCUT2D eigenvalue weighted by Gasteiger charge is 2.11. The number of aliphatic hydroxyl groups is 1. The topological polar surface area (TPSA) is 37.2 Å². The second kappa shape index (κ2) is 6.55. The molecule has 3 nitrogen and oxygen atoms in total. The van der Waals surface area contributed by atoms with Crippen molar-refractivity contribution < 1.29 is 5.11 Å². The summed E-state index contributed by atoms with van der Waals surface area (Å²) in [5.41, 5.74) is 2.25. The molecule has 2 atom stereocenters. The summed E-state index contributed by atoms with van der Waals surface area (Å²) in [6.07, 6.45) is 4.46. The molecule has 0 aliphatic rings. The SMILES string of the molecule is CC(CC(O)c1ccccc1)NCc1ccn(C)c1.